The highest BCUT2D eigenvalue weighted by Crippen LogP contribution is 2.16. The van der Waals surface area contributed by atoms with Gasteiger partial charge in [0.2, 0.25) is 0 Å². The number of hydrogen-bond acceptors (Lipinski definition) is 3. The summed E-state index contributed by atoms with van der Waals surface area (Å²) >= 11 is 0. The third-order valence-corrected chi connectivity index (χ3v) is 3.44. The number of aromatic nitrogens is 1. The number of benzene rings is 1. The second-order valence-corrected chi connectivity index (χ2v) is 4.92. The van der Waals surface area contributed by atoms with Crippen LogP contribution in [-0.2, 0) is 11.8 Å². The van der Waals surface area contributed by atoms with E-state index >= 15 is 0 Å². The van der Waals surface area contributed by atoms with Crippen LogP contribution in [0.1, 0.15) is 35.0 Å². The van der Waals surface area contributed by atoms with Gasteiger partial charge in [0, 0.05) is 35.6 Å². The number of hydrogen-bond donors (Lipinski definition) is 2. The molecule has 2 aromatic rings. The highest BCUT2D eigenvalue weighted by molar-refractivity contribution is 6.09. The Balaban J connectivity index is 2.34. The second kappa shape index (κ2) is 6.87. The molecule has 0 fully saturated rings. The zero-order valence-corrected chi connectivity index (χ0v) is 12.5. The zero-order valence-electron chi connectivity index (χ0n) is 12.5. The number of nitrogens with one attached hydrogen (secondary N) is 1. The standard InChI is InChI=1S/C17H18N2O3/c1-3-12(17(21)18-22)9-15-10-14(11-19(15)2)16(20)13-7-5-4-6-8-13/h4-11,22H,3H2,1-2H3,(H,18,21)/b12-9+. The van der Waals surface area contributed by atoms with Gasteiger partial charge in [0.15, 0.2) is 5.78 Å². The van der Waals surface area contributed by atoms with E-state index in [0.717, 1.165) is 5.69 Å². The van der Waals surface area contributed by atoms with Crippen molar-refractivity contribution in [2.45, 2.75) is 13.3 Å². The van der Waals surface area contributed by atoms with Gasteiger partial charge in [-0.3, -0.25) is 14.8 Å². The molecule has 0 unspecified atom stereocenters. The molecule has 2 N–H and O–H groups in total. The molecular weight excluding hydrogens is 280 g/mol. The molecule has 0 atom stereocenters. The van der Waals surface area contributed by atoms with Crippen LogP contribution < -0.4 is 5.48 Å². The van der Waals surface area contributed by atoms with Gasteiger partial charge in [-0.2, -0.15) is 0 Å². The Morgan fingerprint density at radius 1 is 1.23 bits per heavy atom. The number of carbonyl (C=O) groups is 2. The normalized spacial score (nSPS) is 11.3. The average molecular weight is 298 g/mol. The first kappa shape index (κ1) is 15.7. The van der Waals surface area contributed by atoms with Gasteiger partial charge < -0.3 is 4.57 Å². The molecule has 1 heterocycles. The Bertz CT molecular complexity index is 715. The van der Waals surface area contributed by atoms with Crippen LogP contribution in [0.3, 0.4) is 0 Å². The van der Waals surface area contributed by atoms with Crippen molar-refractivity contribution in [3.05, 3.63) is 65.0 Å². The molecule has 0 aliphatic carbocycles. The van der Waals surface area contributed by atoms with Crippen molar-refractivity contribution in [1.82, 2.24) is 10.0 Å². The lowest BCUT2D eigenvalue weighted by Gasteiger charge is -2.02. The van der Waals surface area contributed by atoms with Gasteiger partial charge in [-0.25, -0.2) is 5.48 Å². The number of carbonyl (C=O) groups excluding carboxylic acids is 2. The van der Waals surface area contributed by atoms with E-state index in [2.05, 4.69) is 0 Å². The van der Waals surface area contributed by atoms with Crippen LogP contribution >= 0.6 is 0 Å². The van der Waals surface area contributed by atoms with E-state index in [4.69, 9.17) is 5.21 Å². The topological polar surface area (TPSA) is 71.3 Å². The van der Waals surface area contributed by atoms with Crippen molar-refractivity contribution < 1.29 is 14.8 Å². The summed E-state index contributed by atoms with van der Waals surface area (Å²) < 4.78 is 1.77. The summed E-state index contributed by atoms with van der Waals surface area (Å²) in [5.41, 5.74) is 3.96. The van der Waals surface area contributed by atoms with Crippen LogP contribution in [0.5, 0.6) is 0 Å². The Labute approximate surface area is 128 Å². The van der Waals surface area contributed by atoms with E-state index < -0.39 is 5.91 Å². The van der Waals surface area contributed by atoms with Crippen molar-refractivity contribution in [2.24, 2.45) is 7.05 Å². The molecule has 0 saturated heterocycles. The van der Waals surface area contributed by atoms with E-state index in [9.17, 15) is 9.59 Å². The number of aryl methyl sites for hydroxylation is 1. The highest BCUT2D eigenvalue weighted by atomic mass is 16.5. The molecule has 0 aliphatic heterocycles. The van der Waals surface area contributed by atoms with Crippen LogP contribution in [0, 0.1) is 0 Å². The molecule has 1 aromatic heterocycles. The van der Waals surface area contributed by atoms with Gasteiger partial charge in [-0.05, 0) is 18.6 Å². The predicted octanol–water partition coefficient (Wildman–Crippen LogP) is 2.55. The van der Waals surface area contributed by atoms with Crippen LogP contribution in [-0.4, -0.2) is 21.5 Å². The molecule has 5 nitrogen and oxygen atoms in total. The molecule has 0 radical (unpaired) electrons. The van der Waals surface area contributed by atoms with E-state index in [1.807, 2.05) is 25.1 Å². The maximum absolute atomic E-state index is 12.4. The highest BCUT2D eigenvalue weighted by Gasteiger charge is 2.13. The molecule has 114 valence electrons. The fourth-order valence-electron chi connectivity index (χ4n) is 2.18. The minimum absolute atomic E-state index is 0.0690. The van der Waals surface area contributed by atoms with Crippen LogP contribution in [0.2, 0.25) is 0 Å². The summed E-state index contributed by atoms with van der Waals surface area (Å²) in [6.07, 6.45) is 3.86. The van der Waals surface area contributed by atoms with Gasteiger partial charge in [0.25, 0.3) is 5.91 Å². The molecule has 1 amide bonds. The second-order valence-electron chi connectivity index (χ2n) is 4.92. The van der Waals surface area contributed by atoms with Crippen molar-refractivity contribution in [2.75, 3.05) is 0 Å². The first-order chi connectivity index (χ1) is 10.6. The Kier molecular flexibility index (Phi) is 4.91. The molecule has 0 saturated carbocycles. The van der Waals surface area contributed by atoms with Crippen molar-refractivity contribution in [1.29, 1.82) is 0 Å². The Hall–Kier alpha value is -2.66. The molecule has 0 bridgehead atoms. The zero-order chi connectivity index (χ0) is 16.1. The lowest BCUT2D eigenvalue weighted by atomic mass is 10.1. The average Bonchev–Trinajstić information content (AvgIpc) is 2.92. The van der Waals surface area contributed by atoms with Crippen LogP contribution in [0.15, 0.2) is 48.2 Å². The van der Waals surface area contributed by atoms with Gasteiger partial charge in [-0.1, -0.05) is 37.3 Å². The third-order valence-electron chi connectivity index (χ3n) is 3.44. The van der Waals surface area contributed by atoms with Gasteiger partial charge in [-0.15, -0.1) is 0 Å². The van der Waals surface area contributed by atoms with E-state index in [1.165, 1.54) is 0 Å². The number of amides is 1. The van der Waals surface area contributed by atoms with E-state index in [1.54, 1.807) is 47.6 Å². The lowest BCUT2D eigenvalue weighted by molar-refractivity contribution is -0.125. The molecular formula is C17H18N2O3. The number of rotatable bonds is 5. The molecule has 0 aliphatic rings. The SMILES string of the molecule is CC/C(=C\c1cc(C(=O)c2ccccc2)cn1C)C(=O)NO. The predicted molar refractivity (Wildman–Crippen MR) is 83.5 cm³/mol. The van der Waals surface area contributed by atoms with Crippen LogP contribution in [0.25, 0.3) is 6.08 Å². The van der Waals surface area contributed by atoms with E-state index in [-0.39, 0.29) is 5.78 Å². The quantitative estimate of drug-likeness (QED) is 0.386. The van der Waals surface area contributed by atoms with Gasteiger partial charge in [0.05, 0.1) is 0 Å². The smallest absolute Gasteiger partial charge is 0.270 e. The molecule has 2 rings (SSSR count). The number of nitrogens with zero attached hydrogens (tertiary/aromatic N) is 1. The van der Waals surface area contributed by atoms with Gasteiger partial charge in [0.1, 0.15) is 0 Å². The minimum Gasteiger partial charge on any atom is -0.350 e. The summed E-state index contributed by atoms with van der Waals surface area (Å²) in [6.45, 7) is 1.82. The number of hydroxylamine groups is 1. The largest absolute Gasteiger partial charge is 0.350 e. The van der Waals surface area contributed by atoms with Crippen molar-refractivity contribution in [3.8, 4) is 0 Å². The van der Waals surface area contributed by atoms with Crippen molar-refractivity contribution in [3.63, 3.8) is 0 Å². The molecule has 0 spiro atoms. The number of ketones is 1. The fraction of sp³-hybridized carbons (Fsp3) is 0.176. The van der Waals surface area contributed by atoms with E-state index in [0.29, 0.717) is 23.1 Å². The maximum Gasteiger partial charge on any atom is 0.270 e. The minimum atomic E-state index is -0.542. The Morgan fingerprint density at radius 3 is 2.50 bits per heavy atom. The third kappa shape index (κ3) is 3.32. The summed E-state index contributed by atoms with van der Waals surface area (Å²) in [5, 5.41) is 8.72. The summed E-state index contributed by atoms with van der Waals surface area (Å²) in [7, 11) is 1.80. The summed E-state index contributed by atoms with van der Waals surface area (Å²) in [6, 6.07) is 10.8. The first-order valence-electron chi connectivity index (χ1n) is 6.98. The van der Waals surface area contributed by atoms with Crippen LogP contribution in [0.4, 0.5) is 0 Å². The monoisotopic (exact) mass is 298 g/mol. The molecule has 5 heteroatoms. The van der Waals surface area contributed by atoms with Gasteiger partial charge >= 0.3 is 0 Å². The molecule has 22 heavy (non-hydrogen) atoms. The lowest BCUT2D eigenvalue weighted by Crippen LogP contribution is -2.20. The summed E-state index contributed by atoms with van der Waals surface area (Å²) in [5.74, 6) is -0.611. The maximum atomic E-state index is 12.4. The fourth-order valence-corrected chi connectivity index (χ4v) is 2.18. The van der Waals surface area contributed by atoms with Crippen molar-refractivity contribution >= 4 is 17.8 Å². The summed E-state index contributed by atoms with van der Waals surface area (Å²) in [4.78, 5) is 23.9. The Morgan fingerprint density at radius 2 is 1.91 bits per heavy atom. The molecule has 1 aromatic carbocycles. The first-order valence-corrected chi connectivity index (χ1v) is 6.98.